The Labute approximate surface area is 69.0 Å². The van der Waals surface area contributed by atoms with E-state index >= 15 is 0 Å². The summed E-state index contributed by atoms with van der Waals surface area (Å²) in [6.45, 7) is 0.402. The molecule has 70 valence electrons. The summed E-state index contributed by atoms with van der Waals surface area (Å²) in [7, 11) is 1.65. The lowest BCUT2D eigenvalue weighted by atomic mass is 9.97. The molecule has 1 saturated heterocycles. The Bertz CT molecular complexity index is 186. The van der Waals surface area contributed by atoms with Crippen LogP contribution in [0.1, 0.15) is 0 Å². The van der Waals surface area contributed by atoms with E-state index in [4.69, 9.17) is 5.11 Å². The number of nitrogens with zero attached hydrogens (tertiary/aromatic N) is 1. The topological polar surface area (TPSA) is 40.5 Å². The average molecular weight is 179 g/mol. The van der Waals surface area contributed by atoms with Crippen molar-refractivity contribution in [2.45, 2.75) is 6.43 Å². The lowest BCUT2D eigenvalue weighted by Gasteiger charge is -2.12. The fourth-order valence-corrected chi connectivity index (χ4v) is 1.55. The van der Waals surface area contributed by atoms with E-state index in [1.54, 1.807) is 11.9 Å². The fraction of sp³-hybridized carbons (Fsp3) is 0.857. The number of hydrogen-bond acceptors (Lipinski definition) is 2. The molecule has 0 unspecified atom stereocenters. The predicted octanol–water partition coefficient (Wildman–Crippen LogP) is 0.514. The number of aliphatic carboxylic acids is 1. The first-order chi connectivity index (χ1) is 5.52. The van der Waals surface area contributed by atoms with Gasteiger partial charge in [0.25, 0.3) is 0 Å². The van der Waals surface area contributed by atoms with Gasteiger partial charge in [-0.15, -0.1) is 0 Å². The van der Waals surface area contributed by atoms with Crippen LogP contribution in [0.5, 0.6) is 0 Å². The molecule has 1 fully saturated rings. The lowest BCUT2D eigenvalue weighted by Crippen LogP contribution is -2.27. The molecule has 1 heterocycles. The molecule has 0 bridgehead atoms. The molecule has 0 amide bonds. The van der Waals surface area contributed by atoms with E-state index in [9.17, 15) is 13.6 Å². The average Bonchev–Trinajstić information content (AvgIpc) is 2.31. The number of hydrogen-bond donors (Lipinski definition) is 1. The molecule has 1 N–H and O–H groups in total. The molecule has 0 radical (unpaired) electrons. The smallest absolute Gasteiger partial charge is 0.308 e. The third-order valence-electron chi connectivity index (χ3n) is 2.19. The number of likely N-dealkylation sites (tertiary alicyclic amines) is 1. The Morgan fingerprint density at radius 3 is 2.50 bits per heavy atom. The summed E-state index contributed by atoms with van der Waals surface area (Å²) >= 11 is 0. The molecule has 0 aromatic carbocycles. The first-order valence-corrected chi connectivity index (χ1v) is 3.72. The van der Waals surface area contributed by atoms with Crippen LogP contribution in [0, 0.1) is 11.8 Å². The maximum Gasteiger partial charge on any atom is 0.308 e. The molecule has 12 heavy (non-hydrogen) atoms. The summed E-state index contributed by atoms with van der Waals surface area (Å²) in [5.74, 6) is -3.04. The number of alkyl halides is 2. The van der Waals surface area contributed by atoms with Gasteiger partial charge in [-0.3, -0.25) is 4.79 Å². The summed E-state index contributed by atoms with van der Waals surface area (Å²) in [6, 6.07) is 0. The largest absolute Gasteiger partial charge is 0.481 e. The van der Waals surface area contributed by atoms with Crippen molar-refractivity contribution in [3.63, 3.8) is 0 Å². The normalized spacial score (nSPS) is 31.3. The zero-order valence-electron chi connectivity index (χ0n) is 6.70. The monoisotopic (exact) mass is 179 g/mol. The van der Waals surface area contributed by atoms with Crippen LogP contribution >= 0.6 is 0 Å². The van der Waals surface area contributed by atoms with Crippen LogP contribution in [0.15, 0.2) is 0 Å². The van der Waals surface area contributed by atoms with Gasteiger partial charge in [0, 0.05) is 19.0 Å². The van der Waals surface area contributed by atoms with Crippen molar-refractivity contribution >= 4 is 5.97 Å². The van der Waals surface area contributed by atoms with Crippen LogP contribution in [0.2, 0.25) is 0 Å². The molecular formula is C7H11F2NO2. The summed E-state index contributed by atoms with van der Waals surface area (Å²) in [5.41, 5.74) is 0. The highest BCUT2D eigenvalue weighted by Gasteiger charge is 2.41. The highest BCUT2D eigenvalue weighted by atomic mass is 19.3. The highest BCUT2D eigenvalue weighted by molar-refractivity contribution is 5.71. The van der Waals surface area contributed by atoms with Crippen molar-refractivity contribution in [3.8, 4) is 0 Å². The van der Waals surface area contributed by atoms with Gasteiger partial charge in [-0.25, -0.2) is 8.78 Å². The number of carbonyl (C=O) groups is 1. The van der Waals surface area contributed by atoms with E-state index in [1.807, 2.05) is 0 Å². The molecule has 3 nitrogen and oxygen atoms in total. The van der Waals surface area contributed by atoms with E-state index in [-0.39, 0.29) is 13.1 Å². The second kappa shape index (κ2) is 3.35. The van der Waals surface area contributed by atoms with Crippen molar-refractivity contribution in [1.82, 2.24) is 4.90 Å². The van der Waals surface area contributed by atoms with E-state index in [1.165, 1.54) is 0 Å². The van der Waals surface area contributed by atoms with Crippen LogP contribution in [0.3, 0.4) is 0 Å². The van der Waals surface area contributed by atoms with Crippen LogP contribution in [-0.4, -0.2) is 42.5 Å². The van der Waals surface area contributed by atoms with Crippen molar-refractivity contribution < 1.29 is 18.7 Å². The number of carboxylic acid groups (broad SMARTS) is 1. The molecular weight excluding hydrogens is 168 g/mol. The minimum absolute atomic E-state index is 0.175. The first-order valence-electron chi connectivity index (χ1n) is 3.72. The Morgan fingerprint density at radius 1 is 1.58 bits per heavy atom. The maximum absolute atomic E-state index is 12.2. The van der Waals surface area contributed by atoms with E-state index < -0.39 is 24.2 Å². The molecule has 2 atom stereocenters. The first kappa shape index (κ1) is 9.38. The molecule has 1 aliphatic rings. The second-order valence-electron chi connectivity index (χ2n) is 3.16. The summed E-state index contributed by atoms with van der Waals surface area (Å²) in [4.78, 5) is 12.1. The Balaban J connectivity index is 2.65. The Morgan fingerprint density at radius 2 is 2.17 bits per heavy atom. The zero-order chi connectivity index (χ0) is 9.30. The van der Waals surface area contributed by atoms with E-state index in [0.29, 0.717) is 0 Å². The fourth-order valence-electron chi connectivity index (χ4n) is 1.55. The Hall–Kier alpha value is -0.710. The van der Waals surface area contributed by atoms with Crippen molar-refractivity contribution in [3.05, 3.63) is 0 Å². The Kier molecular flexibility index (Phi) is 2.62. The lowest BCUT2D eigenvalue weighted by molar-refractivity contribution is -0.144. The molecule has 0 aromatic heterocycles. The summed E-state index contributed by atoms with van der Waals surface area (Å²) in [6.07, 6.45) is -2.53. The SMILES string of the molecule is CN1C[C@@H](C(=O)O)[C@H](C(F)F)C1. The molecule has 0 aromatic rings. The van der Waals surface area contributed by atoms with Crippen molar-refractivity contribution in [1.29, 1.82) is 0 Å². The van der Waals surface area contributed by atoms with Crippen molar-refractivity contribution in [2.24, 2.45) is 11.8 Å². The maximum atomic E-state index is 12.2. The molecule has 5 heteroatoms. The van der Waals surface area contributed by atoms with Crippen LogP contribution in [0.25, 0.3) is 0 Å². The third kappa shape index (κ3) is 1.72. The standard InChI is InChI=1S/C7H11F2NO2/c1-10-2-4(6(8)9)5(3-10)7(11)12/h4-6H,2-3H2,1H3,(H,11,12)/t4-,5-/m1/s1. The predicted molar refractivity (Wildman–Crippen MR) is 38.1 cm³/mol. The van der Waals surface area contributed by atoms with Gasteiger partial charge in [0.05, 0.1) is 5.92 Å². The molecule has 0 aliphatic carbocycles. The molecule has 0 spiro atoms. The molecule has 0 saturated carbocycles. The minimum Gasteiger partial charge on any atom is -0.481 e. The quantitative estimate of drug-likeness (QED) is 0.671. The number of halogens is 2. The van der Waals surface area contributed by atoms with Gasteiger partial charge in [-0.2, -0.15) is 0 Å². The molecule has 1 rings (SSSR count). The van der Waals surface area contributed by atoms with Gasteiger partial charge < -0.3 is 10.0 Å². The third-order valence-corrected chi connectivity index (χ3v) is 2.19. The van der Waals surface area contributed by atoms with Gasteiger partial charge in [0.15, 0.2) is 0 Å². The number of carboxylic acids is 1. The second-order valence-corrected chi connectivity index (χ2v) is 3.16. The summed E-state index contributed by atoms with van der Waals surface area (Å²) < 4.78 is 24.5. The summed E-state index contributed by atoms with van der Waals surface area (Å²) in [5, 5.41) is 8.59. The van der Waals surface area contributed by atoms with E-state index in [0.717, 1.165) is 0 Å². The zero-order valence-corrected chi connectivity index (χ0v) is 6.70. The van der Waals surface area contributed by atoms with Crippen LogP contribution in [0.4, 0.5) is 8.78 Å². The van der Waals surface area contributed by atoms with Crippen LogP contribution < -0.4 is 0 Å². The van der Waals surface area contributed by atoms with Gasteiger partial charge in [-0.05, 0) is 7.05 Å². The van der Waals surface area contributed by atoms with E-state index in [2.05, 4.69) is 0 Å². The van der Waals surface area contributed by atoms with Gasteiger partial charge in [0.1, 0.15) is 0 Å². The highest BCUT2D eigenvalue weighted by Crippen LogP contribution is 2.27. The molecule has 1 aliphatic heterocycles. The van der Waals surface area contributed by atoms with Gasteiger partial charge >= 0.3 is 5.97 Å². The minimum atomic E-state index is -2.53. The number of rotatable bonds is 2. The van der Waals surface area contributed by atoms with Gasteiger partial charge in [0.2, 0.25) is 6.43 Å². The van der Waals surface area contributed by atoms with Crippen molar-refractivity contribution in [2.75, 3.05) is 20.1 Å². The van der Waals surface area contributed by atoms with Crippen LogP contribution in [-0.2, 0) is 4.79 Å². The van der Waals surface area contributed by atoms with Gasteiger partial charge in [-0.1, -0.05) is 0 Å².